The van der Waals surface area contributed by atoms with Gasteiger partial charge in [0.15, 0.2) is 0 Å². The number of nitrogens with one attached hydrogen (secondary N) is 1. The molecule has 1 amide bonds. The van der Waals surface area contributed by atoms with Gasteiger partial charge in [0.1, 0.15) is 5.69 Å². The molecular formula is C14H19N3O. The number of carbonyl (C=O) groups excluding carboxylic acids is 1. The molecule has 0 aliphatic rings. The summed E-state index contributed by atoms with van der Waals surface area (Å²) in [6.07, 6.45) is 8.97. The smallest absolute Gasteiger partial charge is 0.272 e. The lowest BCUT2D eigenvalue weighted by Crippen LogP contribution is -2.23. The number of hydrogen-bond donors (Lipinski definition) is 1. The maximum Gasteiger partial charge on any atom is 0.272 e. The molecule has 1 aromatic heterocycles. The van der Waals surface area contributed by atoms with Crippen molar-refractivity contribution in [2.45, 2.75) is 25.8 Å². The van der Waals surface area contributed by atoms with Gasteiger partial charge < -0.3 is 10.2 Å². The predicted molar refractivity (Wildman–Crippen MR) is 73.4 cm³/mol. The van der Waals surface area contributed by atoms with Gasteiger partial charge in [0.25, 0.3) is 5.91 Å². The number of rotatable bonds is 5. The Morgan fingerprint density at radius 2 is 2.33 bits per heavy atom. The van der Waals surface area contributed by atoms with Crippen LogP contribution >= 0.6 is 0 Å². The van der Waals surface area contributed by atoms with Crippen LogP contribution in [0, 0.1) is 12.3 Å². The highest BCUT2D eigenvalue weighted by Crippen LogP contribution is 2.12. The van der Waals surface area contributed by atoms with Crippen molar-refractivity contribution in [3.05, 3.63) is 24.0 Å². The first-order valence-electron chi connectivity index (χ1n) is 5.98. The van der Waals surface area contributed by atoms with Crippen LogP contribution in [-0.2, 0) is 0 Å². The van der Waals surface area contributed by atoms with Crippen LogP contribution < -0.4 is 5.32 Å². The fraction of sp³-hybridized carbons (Fsp3) is 0.429. The Labute approximate surface area is 108 Å². The zero-order chi connectivity index (χ0) is 13.5. The van der Waals surface area contributed by atoms with Crippen molar-refractivity contribution in [2.75, 3.05) is 19.4 Å². The number of hydrogen-bond acceptors (Lipinski definition) is 3. The molecule has 1 N–H and O–H groups in total. The van der Waals surface area contributed by atoms with Crippen LogP contribution in [0.15, 0.2) is 18.3 Å². The maximum absolute atomic E-state index is 11.8. The molecule has 4 nitrogen and oxygen atoms in total. The molecule has 1 unspecified atom stereocenters. The maximum atomic E-state index is 11.8. The summed E-state index contributed by atoms with van der Waals surface area (Å²) in [5, 5.41) is 3.22. The number of aromatic nitrogens is 1. The molecule has 0 saturated heterocycles. The van der Waals surface area contributed by atoms with Crippen molar-refractivity contribution in [1.82, 2.24) is 9.88 Å². The summed E-state index contributed by atoms with van der Waals surface area (Å²) in [6.45, 7) is 2.08. The van der Waals surface area contributed by atoms with Crippen molar-refractivity contribution in [1.29, 1.82) is 0 Å². The number of pyridine rings is 1. The van der Waals surface area contributed by atoms with Crippen LogP contribution in [0.25, 0.3) is 0 Å². The summed E-state index contributed by atoms with van der Waals surface area (Å²) in [4.78, 5) is 17.3. The van der Waals surface area contributed by atoms with E-state index in [2.05, 4.69) is 23.1 Å². The van der Waals surface area contributed by atoms with E-state index >= 15 is 0 Å². The molecule has 0 radical (unpaired) electrons. The van der Waals surface area contributed by atoms with E-state index in [1.54, 1.807) is 26.4 Å². The van der Waals surface area contributed by atoms with Crippen molar-refractivity contribution in [3.63, 3.8) is 0 Å². The van der Waals surface area contributed by atoms with Crippen LogP contribution in [0.3, 0.4) is 0 Å². The Hall–Kier alpha value is -2.02. The molecule has 0 aliphatic heterocycles. The number of amides is 1. The fourth-order valence-corrected chi connectivity index (χ4v) is 1.55. The minimum atomic E-state index is -0.119. The molecule has 0 bridgehead atoms. The van der Waals surface area contributed by atoms with Crippen LogP contribution in [-0.4, -0.2) is 35.9 Å². The van der Waals surface area contributed by atoms with E-state index < -0.39 is 0 Å². The molecule has 1 aromatic rings. The van der Waals surface area contributed by atoms with Gasteiger partial charge in [-0.05, 0) is 18.6 Å². The number of nitrogens with zero attached hydrogens (tertiary/aromatic N) is 2. The van der Waals surface area contributed by atoms with Crippen LogP contribution in [0.2, 0.25) is 0 Å². The highest BCUT2D eigenvalue weighted by Gasteiger charge is 2.11. The highest BCUT2D eigenvalue weighted by atomic mass is 16.2. The van der Waals surface area contributed by atoms with Gasteiger partial charge in [-0.1, -0.05) is 19.3 Å². The minimum absolute atomic E-state index is 0.0142. The van der Waals surface area contributed by atoms with Gasteiger partial charge in [0, 0.05) is 26.0 Å². The number of carbonyl (C=O) groups is 1. The molecule has 0 aromatic carbocycles. The van der Waals surface area contributed by atoms with E-state index in [-0.39, 0.29) is 11.9 Å². The van der Waals surface area contributed by atoms with Crippen molar-refractivity contribution in [3.8, 4) is 12.3 Å². The second-order valence-electron chi connectivity index (χ2n) is 4.28. The Morgan fingerprint density at radius 1 is 1.61 bits per heavy atom. The van der Waals surface area contributed by atoms with Crippen molar-refractivity contribution in [2.24, 2.45) is 0 Å². The third-order valence-electron chi connectivity index (χ3n) is 2.50. The summed E-state index contributed by atoms with van der Waals surface area (Å²) in [5.41, 5.74) is 1.24. The zero-order valence-corrected chi connectivity index (χ0v) is 11.1. The molecule has 0 fully saturated rings. The molecular weight excluding hydrogens is 226 g/mol. The zero-order valence-electron chi connectivity index (χ0n) is 11.1. The quantitative estimate of drug-likeness (QED) is 0.807. The first-order valence-corrected chi connectivity index (χ1v) is 5.98. The largest absolute Gasteiger partial charge is 0.371 e. The molecule has 1 rings (SSSR count). The minimum Gasteiger partial charge on any atom is -0.371 e. The Balaban J connectivity index is 2.82. The molecule has 0 spiro atoms. The second-order valence-corrected chi connectivity index (χ2v) is 4.28. The SMILES string of the molecule is C#CC(CCC)Nc1ccnc(C(=O)N(C)C)c1. The van der Waals surface area contributed by atoms with Crippen molar-refractivity contribution < 1.29 is 4.79 Å². The summed E-state index contributed by atoms with van der Waals surface area (Å²) in [6, 6.07) is 3.52. The van der Waals surface area contributed by atoms with E-state index in [9.17, 15) is 4.79 Å². The van der Waals surface area contributed by atoms with Crippen LogP contribution in [0.4, 0.5) is 5.69 Å². The van der Waals surface area contributed by atoms with E-state index in [0.29, 0.717) is 5.69 Å². The molecule has 1 heterocycles. The van der Waals surface area contributed by atoms with Gasteiger partial charge in [0.2, 0.25) is 0 Å². The first-order chi connectivity index (χ1) is 8.58. The average Bonchev–Trinajstić information content (AvgIpc) is 2.37. The normalized spacial score (nSPS) is 11.4. The fourth-order valence-electron chi connectivity index (χ4n) is 1.55. The van der Waals surface area contributed by atoms with Gasteiger partial charge >= 0.3 is 0 Å². The predicted octanol–water partition coefficient (Wildman–Crippen LogP) is 2.00. The lowest BCUT2D eigenvalue weighted by Gasteiger charge is -2.15. The van der Waals surface area contributed by atoms with Gasteiger partial charge in [-0.2, -0.15) is 0 Å². The Morgan fingerprint density at radius 3 is 2.89 bits per heavy atom. The molecule has 0 saturated carbocycles. The van der Waals surface area contributed by atoms with Crippen molar-refractivity contribution >= 4 is 11.6 Å². The third kappa shape index (κ3) is 3.77. The highest BCUT2D eigenvalue weighted by molar-refractivity contribution is 5.92. The summed E-state index contributed by atoms with van der Waals surface area (Å²) in [7, 11) is 3.40. The molecule has 96 valence electrons. The standard InChI is InChI=1S/C14H19N3O/c1-5-7-11(6-2)16-12-8-9-15-13(10-12)14(18)17(3)4/h2,8-11H,5,7H2,1,3-4H3,(H,15,16). The van der Waals surface area contributed by atoms with Gasteiger partial charge in [-0.15, -0.1) is 6.42 Å². The second kappa shape index (κ2) is 6.65. The lowest BCUT2D eigenvalue weighted by molar-refractivity contribution is 0.0822. The van der Waals surface area contributed by atoms with E-state index in [1.165, 1.54) is 4.90 Å². The molecule has 1 atom stereocenters. The summed E-state index contributed by atoms with van der Waals surface area (Å²) >= 11 is 0. The van der Waals surface area contributed by atoms with E-state index in [1.807, 2.05) is 6.07 Å². The van der Waals surface area contributed by atoms with E-state index in [0.717, 1.165) is 18.5 Å². The van der Waals surface area contributed by atoms with Gasteiger partial charge in [0.05, 0.1) is 6.04 Å². The lowest BCUT2D eigenvalue weighted by atomic mass is 10.1. The summed E-state index contributed by atoms with van der Waals surface area (Å²) in [5.74, 6) is 2.58. The summed E-state index contributed by atoms with van der Waals surface area (Å²) < 4.78 is 0. The van der Waals surface area contributed by atoms with Gasteiger partial charge in [-0.25, -0.2) is 0 Å². The Kier molecular flexibility index (Phi) is 5.19. The topological polar surface area (TPSA) is 45.2 Å². The van der Waals surface area contributed by atoms with E-state index in [4.69, 9.17) is 6.42 Å². The first kappa shape index (κ1) is 14.0. The average molecular weight is 245 g/mol. The Bertz CT molecular complexity index is 449. The van der Waals surface area contributed by atoms with Crippen LogP contribution in [0.1, 0.15) is 30.3 Å². The number of anilines is 1. The molecule has 18 heavy (non-hydrogen) atoms. The number of terminal acetylenes is 1. The monoisotopic (exact) mass is 245 g/mol. The molecule has 4 heteroatoms. The third-order valence-corrected chi connectivity index (χ3v) is 2.50. The van der Waals surface area contributed by atoms with Gasteiger partial charge in [-0.3, -0.25) is 9.78 Å². The molecule has 0 aliphatic carbocycles. The van der Waals surface area contributed by atoms with Crippen LogP contribution in [0.5, 0.6) is 0 Å².